The average molecular weight is 463 g/mol. The van der Waals surface area contributed by atoms with E-state index in [4.69, 9.17) is 9.72 Å². The Labute approximate surface area is 193 Å². The van der Waals surface area contributed by atoms with Crippen molar-refractivity contribution >= 4 is 45.1 Å². The van der Waals surface area contributed by atoms with Crippen LogP contribution in [-0.4, -0.2) is 47.6 Å². The molecule has 1 aromatic carbocycles. The summed E-state index contributed by atoms with van der Waals surface area (Å²) in [5.74, 6) is -0.418. The van der Waals surface area contributed by atoms with E-state index in [1.54, 1.807) is 11.3 Å². The molecule has 2 N–H and O–H groups in total. The molecule has 6 rings (SSSR count). The molecule has 3 atom stereocenters. The van der Waals surface area contributed by atoms with Crippen molar-refractivity contribution in [3.05, 3.63) is 48.2 Å². The Morgan fingerprint density at radius 2 is 1.88 bits per heavy atom. The highest BCUT2D eigenvalue weighted by Gasteiger charge is 2.63. The summed E-state index contributed by atoms with van der Waals surface area (Å²) in [5.41, 5.74) is 0.258. The lowest BCUT2D eigenvalue weighted by Crippen LogP contribution is -2.75. The number of fused-ring (bicyclic) bond motifs is 5. The molecule has 8 nitrogen and oxygen atoms in total. The maximum Gasteiger partial charge on any atom is 0.328 e. The van der Waals surface area contributed by atoms with Gasteiger partial charge in [-0.1, -0.05) is 18.2 Å². The van der Waals surface area contributed by atoms with Crippen molar-refractivity contribution < 1.29 is 19.1 Å². The van der Waals surface area contributed by atoms with E-state index in [1.807, 2.05) is 43.1 Å². The van der Waals surface area contributed by atoms with Crippen LogP contribution in [0.15, 0.2) is 42.6 Å². The Morgan fingerprint density at radius 1 is 1.12 bits per heavy atom. The van der Waals surface area contributed by atoms with Gasteiger partial charge in [-0.25, -0.2) is 9.78 Å². The number of benzene rings is 1. The minimum Gasteiger partial charge on any atom is -0.372 e. The van der Waals surface area contributed by atoms with Gasteiger partial charge in [-0.2, -0.15) is 0 Å². The number of hydrogen-bond acceptors (Lipinski definition) is 7. The van der Waals surface area contributed by atoms with Crippen molar-refractivity contribution in [3.63, 3.8) is 0 Å². The summed E-state index contributed by atoms with van der Waals surface area (Å²) >= 11 is 1.68. The van der Waals surface area contributed by atoms with Crippen molar-refractivity contribution in [3.8, 4) is 10.4 Å². The van der Waals surface area contributed by atoms with Gasteiger partial charge < -0.3 is 9.64 Å². The second-order valence-electron chi connectivity index (χ2n) is 8.99. The van der Waals surface area contributed by atoms with Gasteiger partial charge in [0.2, 0.25) is 11.8 Å². The largest absolute Gasteiger partial charge is 0.372 e. The highest BCUT2D eigenvalue weighted by atomic mass is 32.1. The third-order valence-electron chi connectivity index (χ3n) is 6.84. The highest BCUT2D eigenvalue weighted by Crippen LogP contribution is 2.47. The summed E-state index contributed by atoms with van der Waals surface area (Å²) in [6, 6.07) is 11.0. The number of aromatic nitrogens is 1. The van der Waals surface area contributed by atoms with E-state index < -0.39 is 35.4 Å². The number of anilines is 1. The summed E-state index contributed by atoms with van der Waals surface area (Å²) < 4.78 is 7.22. The number of carbonyl (C=O) groups is 3. The van der Waals surface area contributed by atoms with Gasteiger partial charge in [-0.3, -0.25) is 20.2 Å². The molecule has 0 bridgehead atoms. The van der Waals surface area contributed by atoms with Crippen LogP contribution in [0.2, 0.25) is 0 Å². The van der Waals surface area contributed by atoms with Crippen molar-refractivity contribution in [2.24, 2.45) is 5.41 Å². The van der Waals surface area contributed by atoms with Gasteiger partial charge in [0.15, 0.2) is 5.41 Å². The minimum absolute atomic E-state index is 0.0975. The highest BCUT2D eigenvalue weighted by molar-refractivity contribution is 7.22. The van der Waals surface area contributed by atoms with Crippen LogP contribution in [-0.2, 0) is 20.7 Å². The zero-order chi connectivity index (χ0) is 22.9. The zero-order valence-electron chi connectivity index (χ0n) is 18.1. The molecule has 1 spiro atoms. The predicted octanol–water partition coefficient (Wildman–Crippen LogP) is 2.85. The van der Waals surface area contributed by atoms with Crippen molar-refractivity contribution in [2.45, 2.75) is 38.5 Å². The van der Waals surface area contributed by atoms with E-state index in [-0.39, 0.29) is 12.5 Å². The molecule has 2 fully saturated rings. The van der Waals surface area contributed by atoms with Gasteiger partial charge in [0, 0.05) is 34.3 Å². The number of thiophene rings is 1. The van der Waals surface area contributed by atoms with Crippen LogP contribution in [0, 0.1) is 5.41 Å². The fourth-order valence-corrected chi connectivity index (χ4v) is 6.61. The second kappa shape index (κ2) is 7.10. The van der Waals surface area contributed by atoms with E-state index in [0.717, 1.165) is 27.2 Å². The molecule has 0 saturated carbocycles. The van der Waals surface area contributed by atoms with Crippen molar-refractivity contribution in [2.75, 3.05) is 11.4 Å². The number of nitrogens with one attached hydrogen (secondary N) is 2. The number of urea groups is 1. The monoisotopic (exact) mass is 462 g/mol. The van der Waals surface area contributed by atoms with E-state index in [1.165, 1.54) is 4.70 Å². The van der Waals surface area contributed by atoms with E-state index >= 15 is 0 Å². The van der Waals surface area contributed by atoms with Crippen LogP contribution in [0.25, 0.3) is 20.5 Å². The van der Waals surface area contributed by atoms with Gasteiger partial charge in [0.25, 0.3) is 0 Å². The third kappa shape index (κ3) is 2.92. The SMILES string of the molecule is C[C@@H]1CN2c3ncc(-c4cc5ccccc5s4)cc3CC3(C(=O)NC(=O)NC3=O)[C@H]2[C@H](C)O1. The molecule has 3 aliphatic heterocycles. The normalized spacial score (nSPS) is 26.1. The molecule has 33 heavy (non-hydrogen) atoms. The number of pyridine rings is 1. The molecular formula is C24H22N4O4S. The third-order valence-corrected chi connectivity index (χ3v) is 8.01. The fraction of sp³-hybridized carbons (Fsp3) is 0.333. The fourth-order valence-electron chi connectivity index (χ4n) is 5.56. The summed E-state index contributed by atoms with van der Waals surface area (Å²) in [7, 11) is 0. The quantitative estimate of drug-likeness (QED) is 0.540. The first kappa shape index (κ1) is 20.3. The lowest BCUT2D eigenvalue weighted by Gasteiger charge is -2.54. The Kier molecular flexibility index (Phi) is 4.37. The van der Waals surface area contributed by atoms with Crippen molar-refractivity contribution in [1.82, 2.24) is 15.6 Å². The van der Waals surface area contributed by atoms with Crippen LogP contribution in [0.1, 0.15) is 19.4 Å². The summed E-state index contributed by atoms with van der Waals surface area (Å²) in [4.78, 5) is 46.3. The van der Waals surface area contributed by atoms with E-state index in [0.29, 0.717) is 6.54 Å². The lowest BCUT2D eigenvalue weighted by molar-refractivity contribution is -0.153. The number of imide groups is 2. The minimum atomic E-state index is -1.49. The Bertz CT molecular complexity index is 1280. The zero-order valence-corrected chi connectivity index (χ0v) is 18.9. The number of morpholine rings is 1. The first-order valence-electron chi connectivity index (χ1n) is 10.9. The number of barbiturate groups is 1. The molecule has 0 unspecified atom stereocenters. The van der Waals surface area contributed by atoms with Gasteiger partial charge in [-0.05, 0) is 43.0 Å². The molecule has 9 heteroatoms. The molecule has 168 valence electrons. The molecule has 3 aromatic rings. The average Bonchev–Trinajstić information content (AvgIpc) is 3.21. The maximum absolute atomic E-state index is 13.3. The molecule has 2 saturated heterocycles. The molecule has 0 radical (unpaired) electrons. The Hall–Kier alpha value is -3.30. The Balaban J connectivity index is 1.51. The molecule has 2 aromatic heterocycles. The lowest BCUT2D eigenvalue weighted by atomic mass is 9.67. The number of amides is 4. The summed E-state index contributed by atoms with van der Waals surface area (Å²) in [6.07, 6.45) is 1.49. The Morgan fingerprint density at radius 3 is 2.64 bits per heavy atom. The van der Waals surface area contributed by atoms with Gasteiger partial charge >= 0.3 is 6.03 Å². The van der Waals surface area contributed by atoms with Gasteiger partial charge in [-0.15, -0.1) is 11.3 Å². The first-order chi connectivity index (χ1) is 15.9. The molecule has 0 aliphatic carbocycles. The standard InChI is InChI=1S/C24H22N4O4S/c1-12-11-28-19(13(2)32-12)24(21(29)26-23(31)27-22(24)30)9-15-7-16(10-25-20(15)28)18-8-14-5-3-4-6-17(14)33-18/h3-8,10,12-13,19H,9,11H2,1-2H3,(H2,26,27,29,30,31)/t12-,13+,19-/m1/s1. The van der Waals surface area contributed by atoms with Crippen molar-refractivity contribution in [1.29, 1.82) is 0 Å². The number of rotatable bonds is 1. The van der Waals surface area contributed by atoms with Gasteiger partial charge in [0.1, 0.15) is 5.82 Å². The van der Waals surface area contributed by atoms with Gasteiger partial charge in [0.05, 0.1) is 18.2 Å². The number of hydrogen-bond donors (Lipinski definition) is 2. The number of nitrogens with zero attached hydrogens (tertiary/aromatic N) is 2. The smallest absolute Gasteiger partial charge is 0.328 e. The van der Waals surface area contributed by atoms with Crippen LogP contribution in [0.4, 0.5) is 10.6 Å². The van der Waals surface area contributed by atoms with Crippen LogP contribution < -0.4 is 15.5 Å². The van der Waals surface area contributed by atoms with E-state index in [2.05, 4.69) is 28.8 Å². The number of carbonyl (C=O) groups excluding carboxylic acids is 3. The van der Waals surface area contributed by atoms with E-state index in [9.17, 15) is 14.4 Å². The van der Waals surface area contributed by atoms with Crippen LogP contribution in [0.5, 0.6) is 0 Å². The molecule has 5 heterocycles. The van der Waals surface area contributed by atoms with Crippen LogP contribution >= 0.6 is 11.3 Å². The maximum atomic E-state index is 13.3. The molecule has 3 aliphatic rings. The molecular weight excluding hydrogens is 440 g/mol. The topological polar surface area (TPSA) is 101 Å². The predicted molar refractivity (Wildman–Crippen MR) is 124 cm³/mol. The second-order valence-corrected chi connectivity index (χ2v) is 10.1. The van der Waals surface area contributed by atoms with Crippen LogP contribution in [0.3, 0.4) is 0 Å². The molecule has 4 amide bonds. The summed E-state index contributed by atoms with van der Waals surface area (Å²) in [5, 5.41) is 5.80. The number of ether oxygens (including phenoxy) is 1. The first-order valence-corrected chi connectivity index (χ1v) is 11.8. The summed E-state index contributed by atoms with van der Waals surface area (Å²) in [6.45, 7) is 4.32.